The number of alkyl halides is 3. The van der Waals surface area contributed by atoms with Gasteiger partial charge in [0.2, 0.25) is 0 Å². The zero-order valence-corrected chi connectivity index (χ0v) is 11.3. The Labute approximate surface area is 107 Å². The minimum atomic E-state index is -4.15. The molecule has 4 heteroatoms. The van der Waals surface area contributed by atoms with Crippen molar-refractivity contribution >= 4 is 20.6 Å². The summed E-state index contributed by atoms with van der Waals surface area (Å²) >= 11 is 0. The van der Waals surface area contributed by atoms with Crippen molar-refractivity contribution in [3.63, 3.8) is 0 Å². The highest BCUT2D eigenvalue weighted by molar-refractivity contribution is 7.38. The van der Waals surface area contributed by atoms with Crippen LogP contribution >= 0.6 is 10.5 Å². The van der Waals surface area contributed by atoms with Gasteiger partial charge in [-0.3, -0.25) is 0 Å². The Balaban J connectivity index is 2.61. The number of fused-ring (bicyclic) bond motifs is 1. The summed E-state index contributed by atoms with van der Waals surface area (Å²) < 4.78 is 40.0. The highest BCUT2D eigenvalue weighted by atomic mass is 32.2. The fourth-order valence-corrected chi connectivity index (χ4v) is 4.12. The highest BCUT2D eigenvalue weighted by Crippen LogP contribution is 2.51. The van der Waals surface area contributed by atoms with Crippen LogP contribution in [0.1, 0.15) is 30.2 Å². The maximum absolute atomic E-state index is 13.2. The first-order valence-electron chi connectivity index (χ1n) is 6.06. The molecule has 0 N–H and O–H groups in total. The summed E-state index contributed by atoms with van der Waals surface area (Å²) in [6, 6.07) is 6.99. The Hall–Kier alpha value is -1.03. The minimum absolute atomic E-state index is 0.444. The van der Waals surface area contributed by atoms with Crippen molar-refractivity contribution < 1.29 is 13.2 Å². The van der Waals surface area contributed by atoms with Gasteiger partial charge in [0, 0.05) is 17.9 Å². The van der Waals surface area contributed by atoms with E-state index in [0.717, 1.165) is 23.8 Å². The highest BCUT2D eigenvalue weighted by Gasteiger charge is 2.47. The molecule has 0 bridgehead atoms. The fourth-order valence-electron chi connectivity index (χ4n) is 2.14. The smallest absolute Gasteiger partial charge is 0.118 e. The molecule has 0 nitrogen and oxygen atoms in total. The van der Waals surface area contributed by atoms with Gasteiger partial charge < -0.3 is 0 Å². The van der Waals surface area contributed by atoms with E-state index >= 15 is 0 Å². The predicted molar refractivity (Wildman–Crippen MR) is 71.1 cm³/mol. The van der Waals surface area contributed by atoms with Crippen molar-refractivity contribution in [3.05, 3.63) is 34.7 Å². The molecule has 0 amide bonds. The number of hydrogen-bond acceptors (Lipinski definition) is 0. The number of rotatable bonds is 3. The van der Waals surface area contributed by atoms with Crippen LogP contribution in [-0.2, 0) is 11.9 Å². The molecule has 1 aromatic carbocycles. The van der Waals surface area contributed by atoms with E-state index in [2.05, 4.69) is 0 Å². The molecule has 2 rings (SSSR count). The Kier molecular flexibility index (Phi) is 3.66. The number of unbranched alkanes of at least 4 members (excludes halogenated alkanes) is 1. The molecule has 1 atom stereocenters. The SMILES string of the molecule is CCCCc1cc2cc(C)ccc2[s+]1C(F)(F)F. The topological polar surface area (TPSA) is 0 Å². The molecule has 0 aliphatic heterocycles. The van der Waals surface area contributed by atoms with Gasteiger partial charge >= 0.3 is 5.51 Å². The lowest BCUT2D eigenvalue weighted by Crippen LogP contribution is -1.98. The lowest BCUT2D eigenvalue weighted by Gasteiger charge is -1.99. The van der Waals surface area contributed by atoms with E-state index in [0.29, 0.717) is 16.0 Å². The molecule has 98 valence electrons. The lowest BCUT2D eigenvalue weighted by atomic mass is 10.1. The largest absolute Gasteiger partial charge is 0.600 e. The van der Waals surface area contributed by atoms with Crippen LogP contribution in [0.15, 0.2) is 24.3 Å². The summed E-state index contributed by atoms with van der Waals surface area (Å²) in [5.41, 5.74) is -3.15. The molecule has 0 aliphatic carbocycles. The van der Waals surface area contributed by atoms with Crippen LogP contribution in [0.3, 0.4) is 0 Å². The van der Waals surface area contributed by atoms with Crippen LogP contribution in [0.5, 0.6) is 0 Å². The van der Waals surface area contributed by atoms with E-state index in [4.69, 9.17) is 0 Å². The summed E-state index contributed by atoms with van der Waals surface area (Å²) in [7, 11) is -1.71. The number of benzene rings is 1. The zero-order chi connectivity index (χ0) is 13.3. The Morgan fingerprint density at radius 1 is 1.17 bits per heavy atom. The van der Waals surface area contributed by atoms with E-state index < -0.39 is 16.0 Å². The van der Waals surface area contributed by atoms with Gasteiger partial charge in [0.05, 0.1) is 10.5 Å². The van der Waals surface area contributed by atoms with Gasteiger partial charge in [0.15, 0.2) is 9.58 Å². The second-order valence-corrected chi connectivity index (χ2v) is 6.55. The third kappa shape index (κ3) is 2.53. The molecular weight excluding hydrogens is 257 g/mol. The number of hydrogen-bond donors (Lipinski definition) is 0. The first-order chi connectivity index (χ1) is 8.43. The molecule has 0 aliphatic rings. The van der Waals surface area contributed by atoms with E-state index in [1.165, 1.54) is 0 Å². The van der Waals surface area contributed by atoms with Crippen LogP contribution in [0, 0.1) is 6.92 Å². The number of thiophene rings is 1. The first-order valence-corrected chi connectivity index (χ1v) is 7.28. The van der Waals surface area contributed by atoms with Crippen molar-refractivity contribution in [1.29, 1.82) is 0 Å². The Morgan fingerprint density at radius 3 is 2.50 bits per heavy atom. The van der Waals surface area contributed by atoms with Crippen LogP contribution in [-0.4, -0.2) is 0 Å². The van der Waals surface area contributed by atoms with E-state index in [9.17, 15) is 13.2 Å². The summed E-state index contributed by atoms with van der Waals surface area (Å²) in [5.74, 6) is 0. The summed E-state index contributed by atoms with van der Waals surface area (Å²) in [6.07, 6.45) is 2.28. The molecule has 2 aromatic rings. The maximum atomic E-state index is 13.2. The Bertz CT molecular complexity index is 552. The van der Waals surface area contributed by atoms with Crippen molar-refractivity contribution in [1.82, 2.24) is 0 Å². The molecule has 1 aromatic heterocycles. The molecule has 1 unspecified atom stereocenters. The van der Waals surface area contributed by atoms with E-state index in [-0.39, 0.29) is 0 Å². The lowest BCUT2D eigenvalue weighted by molar-refractivity contribution is -0.0867. The minimum Gasteiger partial charge on any atom is -0.118 e. The number of halogens is 3. The second-order valence-electron chi connectivity index (χ2n) is 4.51. The molecule has 0 spiro atoms. The third-order valence-electron chi connectivity index (χ3n) is 2.97. The van der Waals surface area contributed by atoms with E-state index in [1.807, 2.05) is 19.9 Å². The predicted octanol–water partition coefficient (Wildman–Crippen LogP) is 5.72. The van der Waals surface area contributed by atoms with Crippen LogP contribution in [0.2, 0.25) is 0 Å². The number of aryl methyl sites for hydroxylation is 2. The summed E-state index contributed by atoms with van der Waals surface area (Å²) in [6.45, 7) is 3.91. The monoisotopic (exact) mass is 273 g/mol. The van der Waals surface area contributed by atoms with Gasteiger partial charge in [-0.25, -0.2) is 0 Å². The third-order valence-corrected chi connectivity index (χ3v) is 5.09. The van der Waals surface area contributed by atoms with Crippen molar-refractivity contribution in [2.45, 2.75) is 38.6 Å². The van der Waals surface area contributed by atoms with Gasteiger partial charge in [0.1, 0.15) is 0 Å². The molecule has 0 fully saturated rings. The standard InChI is InChI=1S/C14H16F3S/c1-3-4-5-12-9-11-8-10(2)6-7-13(11)18(12)14(15,16)17/h6-9H,3-5H2,1-2H3/q+1. The van der Waals surface area contributed by atoms with Gasteiger partial charge in [-0.2, -0.15) is 0 Å². The average Bonchev–Trinajstić information content (AvgIpc) is 2.63. The zero-order valence-electron chi connectivity index (χ0n) is 10.5. The molecule has 0 saturated heterocycles. The molecule has 18 heavy (non-hydrogen) atoms. The maximum Gasteiger partial charge on any atom is 0.600 e. The van der Waals surface area contributed by atoms with Crippen molar-refractivity contribution in [2.75, 3.05) is 0 Å². The quantitative estimate of drug-likeness (QED) is 0.628. The normalized spacial score (nSPS) is 13.3. The fraction of sp³-hybridized carbons (Fsp3) is 0.429. The van der Waals surface area contributed by atoms with Gasteiger partial charge in [-0.15, -0.1) is 13.2 Å². The molecule has 0 radical (unpaired) electrons. The Morgan fingerprint density at radius 2 is 1.89 bits per heavy atom. The summed E-state index contributed by atoms with van der Waals surface area (Å²) in [4.78, 5) is 0.546. The second kappa shape index (κ2) is 4.92. The average molecular weight is 273 g/mol. The van der Waals surface area contributed by atoms with Crippen LogP contribution in [0.4, 0.5) is 13.2 Å². The molecular formula is C14H16F3S+. The van der Waals surface area contributed by atoms with Crippen molar-refractivity contribution in [3.8, 4) is 0 Å². The molecule has 1 heterocycles. The van der Waals surface area contributed by atoms with Crippen LogP contribution in [0.25, 0.3) is 10.1 Å². The summed E-state index contributed by atoms with van der Waals surface area (Å²) in [5, 5.41) is 0.752. The van der Waals surface area contributed by atoms with Gasteiger partial charge in [-0.1, -0.05) is 25.0 Å². The first kappa shape index (κ1) is 13.4. The van der Waals surface area contributed by atoms with Crippen LogP contribution < -0.4 is 0 Å². The molecule has 0 saturated carbocycles. The van der Waals surface area contributed by atoms with E-state index in [1.54, 1.807) is 18.2 Å². The van der Waals surface area contributed by atoms with Gasteiger partial charge in [-0.05, 0) is 25.5 Å². The van der Waals surface area contributed by atoms with Crippen molar-refractivity contribution in [2.24, 2.45) is 0 Å². The van der Waals surface area contributed by atoms with Gasteiger partial charge in [0.25, 0.3) is 0 Å².